The maximum absolute atomic E-state index is 13.3. The minimum absolute atomic E-state index is 0.0185. The molecule has 0 fully saturated rings. The van der Waals surface area contributed by atoms with Gasteiger partial charge in [0.05, 0.1) is 18.1 Å². The van der Waals surface area contributed by atoms with Gasteiger partial charge in [0.2, 0.25) is 0 Å². The van der Waals surface area contributed by atoms with Gasteiger partial charge in [0.25, 0.3) is 11.5 Å². The summed E-state index contributed by atoms with van der Waals surface area (Å²) in [6, 6.07) is 14.5. The fourth-order valence-corrected chi connectivity index (χ4v) is 3.72. The summed E-state index contributed by atoms with van der Waals surface area (Å²) in [5.74, 6) is 0.366. The molecule has 0 saturated heterocycles. The van der Waals surface area contributed by atoms with Crippen molar-refractivity contribution in [3.05, 3.63) is 81.7 Å². The highest BCUT2D eigenvalue weighted by molar-refractivity contribution is 5.97. The van der Waals surface area contributed by atoms with E-state index in [-0.39, 0.29) is 16.6 Å². The van der Waals surface area contributed by atoms with E-state index in [4.69, 9.17) is 10.1 Å². The van der Waals surface area contributed by atoms with Gasteiger partial charge < -0.3 is 14.6 Å². The highest BCUT2D eigenvalue weighted by atomic mass is 16.5. The Hall–Kier alpha value is -3.94. The van der Waals surface area contributed by atoms with Crippen LogP contribution in [0.15, 0.2) is 59.5 Å². The van der Waals surface area contributed by atoms with Crippen LogP contribution in [-0.2, 0) is 13.0 Å². The van der Waals surface area contributed by atoms with Gasteiger partial charge in [0, 0.05) is 18.3 Å². The van der Waals surface area contributed by atoms with Crippen LogP contribution in [0.4, 0.5) is 0 Å². The van der Waals surface area contributed by atoms with Gasteiger partial charge in [-0.05, 0) is 63.1 Å². The number of pyridine rings is 2. The van der Waals surface area contributed by atoms with Crippen LogP contribution in [0.1, 0.15) is 36.7 Å². The van der Waals surface area contributed by atoms with Crippen LogP contribution >= 0.6 is 0 Å². The van der Waals surface area contributed by atoms with Crippen molar-refractivity contribution in [1.29, 1.82) is 5.41 Å². The number of fused-ring (bicyclic) bond motifs is 2. The Balaban J connectivity index is 1.89. The number of aromatic nitrogens is 3. The molecule has 3 aromatic heterocycles. The monoisotopic (exact) mass is 445 g/mol. The number of rotatable bonds is 5. The Morgan fingerprint density at radius 2 is 1.88 bits per heavy atom. The first-order valence-electron chi connectivity index (χ1n) is 10.7. The number of hydrogen-bond acceptors (Lipinski definition) is 5. The zero-order chi connectivity index (χ0) is 23.8. The van der Waals surface area contributed by atoms with Gasteiger partial charge >= 0.3 is 0 Å². The lowest BCUT2D eigenvalue weighted by molar-refractivity contribution is 0.0917. The lowest BCUT2D eigenvalue weighted by Gasteiger charge is -2.21. The molecule has 0 aliphatic heterocycles. The Morgan fingerprint density at radius 3 is 2.55 bits per heavy atom. The standard InChI is InChI=1S/C25H27N5O3/c1-25(2,3)28-23(31)18-15-19-22(27-20-7-5-6-13-29(20)24(19)32)30(21(18)26)14-12-16-8-10-17(33-4)11-9-16/h5-11,13,15,26H,12,14H2,1-4H3,(H,28,31). The first-order valence-corrected chi connectivity index (χ1v) is 10.7. The molecule has 1 aromatic carbocycles. The molecule has 0 bridgehead atoms. The topological polar surface area (TPSA) is 101 Å². The van der Waals surface area contributed by atoms with Crippen molar-refractivity contribution in [2.75, 3.05) is 7.11 Å². The van der Waals surface area contributed by atoms with Crippen molar-refractivity contribution in [2.24, 2.45) is 0 Å². The number of nitrogens with zero attached hydrogens (tertiary/aromatic N) is 3. The summed E-state index contributed by atoms with van der Waals surface area (Å²) >= 11 is 0. The average molecular weight is 446 g/mol. The Bertz CT molecular complexity index is 1460. The zero-order valence-corrected chi connectivity index (χ0v) is 19.2. The molecule has 0 saturated carbocycles. The highest BCUT2D eigenvalue weighted by Crippen LogP contribution is 2.15. The minimum Gasteiger partial charge on any atom is -0.497 e. The quantitative estimate of drug-likeness (QED) is 0.461. The van der Waals surface area contributed by atoms with Crippen LogP contribution in [0.25, 0.3) is 16.7 Å². The number of benzene rings is 1. The van der Waals surface area contributed by atoms with E-state index in [1.54, 1.807) is 30.0 Å². The van der Waals surface area contributed by atoms with E-state index in [2.05, 4.69) is 10.3 Å². The molecule has 0 radical (unpaired) electrons. The number of carbonyl (C=O) groups is 1. The summed E-state index contributed by atoms with van der Waals surface area (Å²) in [6.07, 6.45) is 2.24. The lowest BCUT2D eigenvalue weighted by Crippen LogP contribution is -2.43. The van der Waals surface area contributed by atoms with Crippen LogP contribution < -0.4 is 21.1 Å². The Morgan fingerprint density at radius 1 is 1.15 bits per heavy atom. The number of aryl methyl sites for hydroxylation is 2. The van der Waals surface area contributed by atoms with E-state index in [1.807, 2.05) is 51.1 Å². The maximum Gasteiger partial charge on any atom is 0.267 e. The van der Waals surface area contributed by atoms with Gasteiger partial charge in [-0.3, -0.25) is 19.4 Å². The van der Waals surface area contributed by atoms with Crippen LogP contribution in [0.3, 0.4) is 0 Å². The second-order valence-corrected chi connectivity index (χ2v) is 8.94. The van der Waals surface area contributed by atoms with Crippen molar-refractivity contribution in [3.8, 4) is 5.75 Å². The predicted octanol–water partition coefficient (Wildman–Crippen LogP) is 2.91. The molecule has 170 valence electrons. The van der Waals surface area contributed by atoms with Crippen LogP contribution in [-0.4, -0.2) is 32.5 Å². The minimum atomic E-state index is -0.483. The molecule has 0 aliphatic carbocycles. The van der Waals surface area contributed by atoms with Gasteiger partial charge in [0.15, 0.2) is 0 Å². The summed E-state index contributed by atoms with van der Waals surface area (Å²) in [6.45, 7) is 6.00. The van der Waals surface area contributed by atoms with E-state index in [0.29, 0.717) is 29.6 Å². The van der Waals surface area contributed by atoms with Crippen molar-refractivity contribution in [2.45, 2.75) is 39.3 Å². The average Bonchev–Trinajstić information content (AvgIpc) is 2.77. The Kier molecular flexibility index (Phi) is 5.76. The molecule has 0 unspecified atom stereocenters. The number of nitrogens with one attached hydrogen (secondary N) is 2. The summed E-state index contributed by atoms with van der Waals surface area (Å²) in [5, 5.41) is 12.0. The van der Waals surface area contributed by atoms with Crippen molar-refractivity contribution >= 4 is 22.6 Å². The van der Waals surface area contributed by atoms with Gasteiger partial charge in [-0.1, -0.05) is 18.2 Å². The summed E-state index contributed by atoms with van der Waals surface area (Å²) in [5.41, 5.74) is 1.31. The van der Waals surface area contributed by atoms with E-state index in [0.717, 1.165) is 11.3 Å². The molecule has 0 aliphatic rings. The molecule has 33 heavy (non-hydrogen) atoms. The molecule has 4 aromatic rings. The summed E-state index contributed by atoms with van der Waals surface area (Å²) in [4.78, 5) is 30.9. The molecule has 0 atom stereocenters. The number of hydrogen-bond donors (Lipinski definition) is 2. The first-order chi connectivity index (χ1) is 15.7. The molecule has 4 rings (SSSR count). The normalized spacial score (nSPS) is 11.6. The summed E-state index contributed by atoms with van der Waals surface area (Å²) < 4.78 is 8.31. The molecule has 3 heterocycles. The first kappa shape index (κ1) is 22.3. The van der Waals surface area contributed by atoms with Crippen molar-refractivity contribution in [3.63, 3.8) is 0 Å². The Labute approximate surface area is 191 Å². The molecule has 8 heteroatoms. The van der Waals surface area contributed by atoms with Gasteiger partial charge in [0.1, 0.15) is 22.5 Å². The molecular weight excluding hydrogens is 418 g/mol. The summed E-state index contributed by atoms with van der Waals surface area (Å²) in [7, 11) is 1.62. The molecule has 8 nitrogen and oxygen atoms in total. The maximum atomic E-state index is 13.3. The predicted molar refractivity (Wildman–Crippen MR) is 127 cm³/mol. The third kappa shape index (κ3) is 4.50. The number of amides is 1. The van der Waals surface area contributed by atoms with E-state index in [9.17, 15) is 9.59 Å². The van der Waals surface area contributed by atoms with E-state index < -0.39 is 11.4 Å². The largest absolute Gasteiger partial charge is 0.497 e. The van der Waals surface area contributed by atoms with Crippen LogP contribution in [0.2, 0.25) is 0 Å². The van der Waals surface area contributed by atoms with E-state index in [1.165, 1.54) is 10.5 Å². The zero-order valence-electron chi connectivity index (χ0n) is 19.2. The fraction of sp³-hybridized carbons (Fsp3) is 0.280. The second-order valence-electron chi connectivity index (χ2n) is 8.94. The van der Waals surface area contributed by atoms with Crippen LogP contribution in [0, 0.1) is 5.41 Å². The number of carbonyl (C=O) groups excluding carboxylic acids is 1. The number of methoxy groups -OCH3 is 1. The van der Waals surface area contributed by atoms with Crippen molar-refractivity contribution < 1.29 is 9.53 Å². The molecular formula is C25H27N5O3. The molecule has 1 amide bonds. The molecule has 2 N–H and O–H groups in total. The van der Waals surface area contributed by atoms with E-state index >= 15 is 0 Å². The second kappa shape index (κ2) is 8.54. The lowest BCUT2D eigenvalue weighted by atomic mass is 10.1. The smallest absolute Gasteiger partial charge is 0.267 e. The SMILES string of the molecule is COc1ccc(CCn2c(=N)c(C(=O)NC(C)(C)C)cc3c(=O)n4ccccc4nc32)cc1. The highest BCUT2D eigenvalue weighted by Gasteiger charge is 2.21. The fourth-order valence-electron chi connectivity index (χ4n) is 3.72. The third-order valence-electron chi connectivity index (χ3n) is 5.33. The van der Waals surface area contributed by atoms with Gasteiger partial charge in [-0.15, -0.1) is 0 Å². The van der Waals surface area contributed by atoms with Gasteiger partial charge in [-0.2, -0.15) is 0 Å². The third-order valence-corrected chi connectivity index (χ3v) is 5.33. The molecule has 0 spiro atoms. The van der Waals surface area contributed by atoms with Crippen molar-refractivity contribution in [1.82, 2.24) is 19.3 Å². The van der Waals surface area contributed by atoms with Crippen LogP contribution in [0.5, 0.6) is 5.75 Å². The number of ether oxygens (including phenoxy) is 1. The van der Waals surface area contributed by atoms with Gasteiger partial charge in [-0.25, -0.2) is 4.98 Å².